The number of ether oxygens (including phenoxy) is 1. The number of tetrazole rings is 1. The van der Waals surface area contributed by atoms with Crippen LogP contribution in [-0.4, -0.2) is 44.7 Å². The quantitative estimate of drug-likeness (QED) is 0.800. The molecule has 0 spiro atoms. The third kappa shape index (κ3) is 3.11. The minimum Gasteiger partial charge on any atom is -0.443 e. The molecular formula is C12H12ClN5O2S. The standard InChI is InChI=1S/C12H12ClN5O2S/c1-17-11(14-15-16-17)21-7-10-6-18(12(19)20-10)9-4-2-8(13)3-5-9/h2-5,10H,6-7H2,1H3. The zero-order valence-electron chi connectivity index (χ0n) is 11.1. The molecule has 1 aromatic heterocycles. The summed E-state index contributed by atoms with van der Waals surface area (Å²) >= 11 is 7.30. The van der Waals surface area contributed by atoms with Crippen molar-refractivity contribution in [2.75, 3.05) is 17.2 Å². The van der Waals surface area contributed by atoms with E-state index < -0.39 is 0 Å². The monoisotopic (exact) mass is 325 g/mol. The number of nitrogens with zero attached hydrogens (tertiary/aromatic N) is 5. The van der Waals surface area contributed by atoms with Gasteiger partial charge in [0.2, 0.25) is 5.16 Å². The van der Waals surface area contributed by atoms with Gasteiger partial charge in [0.25, 0.3) is 0 Å². The van der Waals surface area contributed by atoms with Crippen molar-refractivity contribution in [2.45, 2.75) is 11.3 Å². The fraction of sp³-hybridized carbons (Fsp3) is 0.333. The maximum absolute atomic E-state index is 11.9. The SMILES string of the molecule is Cn1nnnc1SCC1CN(c2ccc(Cl)cc2)C(=O)O1. The first-order valence-electron chi connectivity index (χ1n) is 6.22. The molecule has 1 aliphatic rings. The Morgan fingerprint density at radius 2 is 2.19 bits per heavy atom. The number of thioether (sulfide) groups is 1. The Labute approximate surface area is 130 Å². The van der Waals surface area contributed by atoms with E-state index in [1.165, 1.54) is 11.8 Å². The summed E-state index contributed by atoms with van der Waals surface area (Å²) < 4.78 is 6.93. The van der Waals surface area contributed by atoms with Gasteiger partial charge in [0.15, 0.2) is 0 Å². The summed E-state index contributed by atoms with van der Waals surface area (Å²) in [7, 11) is 1.77. The lowest BCUT2D eigenvalue weighted by Gasteiger charge is -2.12. The van der Waals surface area contributed by atoms with Gasteiger partial charge in [-0.2, -0.15) is 0 Å². The van der Waals surface area contributed by atoms with E-state index in [1.807, 2.05) is 0 Å². The zero-order chi connectivity index (χ0) is 14.8. The zero-order valence-corrected chi connectivity index (χ0v) is 12.7. The number of amides is 1. The van der Waals surface area contributed by atoms with Crippen molar-refractivity contribution >= 4 is 35.1 Å². The number of carbonyl (C=O) groups is 1. The minimum atomic E-state index is -0.348. The maximum atomic E-state index is 11.9. The Bertz CT molecular complexity index is 647. The molecule has 0 bridgehead atoms. The van der Waals surface area contributed by atoms with E-state index in [2.05, 4.69) is 15.5 Å². The Morgan fingerprint density at radius 3 is 2.86 bits per heavy atom. The fourth-order valence-electron chi connectivity index (χ4n) is 1.95. The van der Waals surface area contributed by atoms with Crippen molar-refractivity contribution in [1.29, 1.82) is 0 Å². The third-order valence-corrected chi connectivity index (χ3v) is 4.39. The van der Waals surface area contributed by atoms with Gasteiger partial charge in [-0.05, 0) is 34.7 Å². The summed E-state index contributed by atoms with van der Waals surface area (Å²) in [6.45, 7) is 0.499. The van der Waals surface area contributed by atoms with E-state index in [9.17, 15) is 4.79 Å². The summed E-state index contributed by atoms with van der Waals surface area (Å²) in [6, 6.07) is 7.09. The first kappa shape index (κ1) is 14.2. The van der Waals surface area contributed by atoms with Gasteiger partial charge < -0.3 is 4.74 Å². The summed E-state index contributed by atoms with van der Waals surface area (Å²) in [5, 5.41) is 12.5. The predicted octanol–water partition coefficient (Wildman–Crippen LogP) is 1.98. The highest BCUT2D eigenvalue weighted by molar-refractivity contribution is 7.99. The summed E-state index contributed by atoms with van der Waals surface area (Å²) in [4.78, 5) is 13.5. The van der Waals surface area contributed by atoms with Crippen LogP contribution < -0.4 is 4.90 Å². The number of aromatic nitrogens is 4. The molecule has 2 aromatic rings. The number of cyclic esters (lactones) is 1. The molecule has 1 fully saturated rings. The van der Waals surface area contributed by atoms with Crippen LogP contribution in [0, 0.1) is 0 Å². The van der Waals surface area contributed by atoms with Crippen LogP contribution in [0.1, 0.15) is 0 Å². The minimum absolute atomic E-state index is 0.199. The van der Waals surface area contributed by atoms with Crippen molar-refractivity contribution in [3.8, 4) is 0 Å². The highest BCUT2D eigenvalue weighted by Gasteiger charge is 2.32. The van der Waals surface area contributed by atoms with Crippen molar-refractivity contribution in [1.82, 2.24) is 20.2 Å². The van der Waals surface area contributed by atoms with E-state index in [0.717, 1.165) is 5.69 Å². The molecule has 1 unspecified atom stereocenters. The number of hydrogen-bond donors (Lipinski definition) is 0. The van der Waals surface area contributed by atoms with Crippen LogP contribution in [-0.2, 0) is 11.8 Å². The van der Waals surface area contributed by atoms with E-state index in [0.29, 0.717) is 22.5 Å². The highest BCUT2D eigenvalue weighted by atomic mass is 35.5. The van der Waals surface area contributed by atoms with Crippen LogP contribution >= 0.6 is 23.4 Å². The fourth-order valence-corrected chi connectivity index (χ4v) is 2.90. The first-order chi connectivity index (χ1) is 10.1. The van der Waals surface area contributed by atoms with Gasteiger partial charge in [-0.1, -0.05) is 23.4 Å². The molecule has 21 heavy (non-hydrogen) atoms. The number of halogens is 1. The number of rotatable bonds is 4. The summed E-state index contributed by atoms with van der Waals surface area (Å²) in [5.74, 6) is 0.601. The van der Waals surface area contributed by atoms with Crippen molar-refractivity contribution in [3.05, 3.63) is 29.3 Å². The number of benzene rings is 1. The Hall–Kier alpha value is -1.80. The second-order valence-electron chi connectivity index (χ2n) is 4.49. The van der Waals surface area contributed by atoms with Crippen LogP contribution in [0.15, 0.2) is 29.4 Å². The number of anilines is 1. The molecule has 0 aliphatic carbocycles. The van der Waals surface area contributed by atoms with Crippen molar-refractivity contribution in [3.63, 3.8) is 0 Å². The average molecular weight is 326 g/mol. The maximum Gasteiger partial charge on any atom is 0.414 e. The van der Waals surface area contributed by atoms with Crippen LogP contribution in [0.5, 0.6) is 0 Å². The lowest BCUT2D eigenvalue weighted by atomic mass is 10.3. The lowest BCUT2D eigenvalue weighted by molar-refractivity contribution is 0.151. The summed E-state index contributed by atoms with van der Waals surface area (Å²) in [5.41, 5.74) is 0.775. The van der Waals surface area contributed by atoms with Gasteiger partial charge in [0.1, 0.15) is 6.10 Å². The van der Waals surface area contributed by atoms with Gasteiger partial charge in [0, 0.05) is 23.5 Å². The van der Waals surface area contributed by atoms with Gasteiger partial charge in [-0.3, -0.25) is 4.90 Å². The Kier molecular flexibility index (Phi) is 3.98. The predicted molar refractivity (Wildman–Crippen MR) is 78.6 cm³/mol. The van der Waals surface area contributed by atoms with Crippen molar-refractivity contribution in [2.24, 2.45) is 7.05 Å². The highest BCUT2D eigenvalue weighted by Crippen LogP contribution is 2.25. The molecule has 0 saturated carbocycles. The molecular weight excluding hydrogens is 314 g/mol. The number of carbonyl (C=O) groups excluding carboxylic acids is 1. The molecule has 2 heterocycles. The van der Waals surface area contributed by atoms with Gasteiger partial charge in [-0.25, -0.2) is 9.48 Å². The molecule has 7 nitrogen and oxygen atoms in total. The molecule has 1 aromatic carbocycles. The van der Waals surface area contributed by atoms with Crippen LogP contribution in [0.4, 0.5) is 10.5 Å². The van der Waals surface area contributed by atoms with E-state index in [4.69, 9.17) is 16.3 Å². The molecule has 1 saturated heterocycles. The molecule has 3 rings (SSSR count). The van der Waals surface area contributed by atoms with E-state index >= 15 is 0 Å². The van der Waals surface area contributed by atoms with Crippen LogP contribution in [0.3, 0.4) is 0 Å². The normalized spacial score (nSPS) is 18.1. The van der Waals surface area contributed by atoms with E-state index in [1.54, 1.807) is 40.9 Å². The Balaban J connectivity index is 1.62. The largest absolute Gasteiger partial charge is 0.443 e. The van der Waals surface area contributed by atoms with Gasteiger partial charge >= 0.3 is 6.09 Å². The molecule has 0 radical (unpaired) electrons. The molecule has 1 atom stereocenters. The third-order valence-electron chi connectivity index (χ3n) is 2.99. The second kappa shape index (κ2) is 5.90. The lowest BCUT2D eigenvalue weighted by Crippen LogP contribution is -2.24. The average Bonchev–Trinajstić information content (AvgIpc) is 3.04. The first-order valence-corrected chi connectivity index (χ1v) is 7.59. The van der Waals surface area contributed by atoms with Crippen molar-refractivity contribution < 1.29 is 9.53 Å². The van der Waals surface area contributed by atoms with E-state index in [-0.39, 0.29) is 12.2 Å². The Morgan fingerprint density at radius 1 is 1.43 bits per heavy atom. The molecule has 0 N–H and O–H groups in total. The van der Waals surface area contributed by atoms with Crippen LogP contribution in [0.2, 0.25) is 5.02 Å². The molecule has 110 valence electrons. The molecule has 1 amide bonds. The van der Waals surface area contributed by atoms with Gasteiger partial charge in [0.05, 0.1) is 6.54 Å². The molecule has 9 heteroatoms. The smallest absolute Gasteiger partial charge is 0.414 e. The summed E-state index contributed by atoms with van der Waals surface area (Å²) in [6.07, 6.45) is -0.547. The number of hydrogen-bond acceptors (Lipinski definition) is 6. The van der Waals surface area contributed by atoms with Crippen LogP contribution in [0.25, 0.3) is 0 Å². The number of aryl methyl sites for hydroxylation is 1. The molecule has 1 aliphatic heterocycles. The topological polar surface area (TPSA) is 73.1 Å². The second-order valence-corrected chi connectivity index (χ2v) is 5.91. The van der Waals surface area contributed by atoms with Gasteiger partial charge in [-0.15, -0.1) is 5.10 Å².